The van der Waals surface area contributed by atoms with E-state index in [-0.39, 0.29) is 16.8 Å². The number of pyridine rings is 1. The SMILES string of the molecule is COc1ccc(-c2ccc3c(n2)C(O)C(C(=O)c2ccccc2)=C(C(F)(F)F)NC3=O)c(OC)c1. The molecule has 0 saturated heterocycles. The number of rotatable bonds is 5. The van der Waals surface area contributed by atoms with Crippen molar-refractivity contribution < 1.29 is 37.3 Å². The van der Waals surface area contributed by atoms with Gasteiger partial charge in [-0.25, -0.2) is 4.98 Å². The largest absolute Gasteiger partial charge is 0.497 e. The number of carbonyl (C=O) groups is 2. The number of allylic oxidation sites excluding steroid dienone is 1. The Labute approximate surface area is 197 Å². The third-order valence-corrected chi connectivity index (χ3v) is 5.46. The summed E-state index contributed by atoms with van der Waals surface area (Å²) in [6, 6.07) is 14.6. The Morgan fingerprint density at radius 2 is 1.69 bits per heavy atom. The van der Waals surface area contributed by atoms with Gasteiger partial charge in [0, 0.05) is 17.2 Å². The lowest BCUT2D eigenvalue weighted by Crippen LogP contribution is -2.33. The number of aliphatic hydroxyl groups is 1. The predicted molar refractivity (Wildman–Crippen MR) is 119 cm³/mol. The number of amides is 1. The third kappa shape index (κ3) is 4.47. The van der Waals surface area contributed by atoms with Gasteiger partial charge in [-0.3, -0.25) is 9.59 Å². The first kappa shape index (κ1) is 24.0. The lowest BCUT2D eigenvalue weighted by Gasteiger charge is -2.19. The minimum absolute atomic E-state index is 0.0889. The number of aromatic nitrogens is 1. The molecule has 180 valence electrons. The molecule has 0 aliphatic carbocycles. The molecule has 10 heteroatoms. The monoisotopic (exact) mass is 484 g/mol. The average Bonchev–Trinajstić information content (AvgIpc) is 2.97. The van der Waals surface area contributed by atoms with Crippen molar-refractivity contribution in [2.75, 3.05) is 14.2 Å². The van der Waals surface area contributed by atoms with E-state index in [1.807, 2.05) is 0 Å². The van der Waals surface area contributed by atoms with Crippen LogP contribution in [0.5, 0.6) is 11.5 Å². The summed E-state index contributed by atoms with van der Waals surface area (Å²) in [7, 11) is 2.89. The zero-order valence-corrected chi connectivity index (χ0v) is 18.5. The fourth-order valence-electron chi connectivity index (χ4n) is 3.76. The molecule has 7 nitrogen and oxygen atoms in total. The van der Waals surface area contributed by atoms with Crippen molar-refractivity contribution in [1.82, 2.24) is 10.3 Å². The van der Waals surface area contributed by atoms with Crippen LogP contribution in [0.4, 0.5) is 13.2 Å². The number of hydrogen-bond donors (Lipinski definition) is 2. The van der Waals surface area contributed by atoms with Crippen LogP contribution in [0.25, 0.3) is 11.3 Å². The molecule has 0 fully saturated rings. The van der Waals surface area contributed by atoms with Crippen LogP contribution in [0.3, 0.4) is 0 Å². The number of alkyl halides is 3. The standard InChI is InChI=1S/C25H19F3N2O5/c1-34-14-8-9-15(18(12-14)35-2)17-11-10-16-20(29-17)22(32)19(21(31)13-6-4-3-5-7-13)23(25(26,27)28)30-24(16)33/h3-12,22,32H,1-2H3,(H,30,33). The van der Waals surface area contributed by atoms with Crippen molar-refractivity contribution in [3.05, 3.63) is 88.8 Å². The molecule has 3 aromatic rings. The van der Waals surface area contributed by atoms with Crippen LogP contribution in [0.1, 0.15) is 32.5 Å². The molecule has 1 unspecified atom stereocenters. The summed E-state index contributed by atoms with van der Waals surface area (Å²) in [5, 5.41) is 12.8. The van der Waals surface area contributed by atoms with Crippen molar-refractivity contribution in [3.8, 4) is 22.8 Å². The molecule has 1 aliphatic heterocycles. The first-order valence-electron chi connectivity index (χ1n) is 10.3. The van der Waals surface area contributed by atoms with Gasteiger partial charge >= 0.3 is 6.18 Å². The van der Waals surface area contributed by atoms with Crippen molar-refractivity contribution in [2.45, 2.75) is 12.3 Å². The second-order valence-electron chi connectivity index (χ2n) is 7.53. The highest BCUT2D eigenvalue weighted by Crippen LogP contribution is 2.39. The Bertz CT molecular complexity index is 1340. The number of Topliss-reactive ketones (excluding diaryl/α,β-unsaturated/α-hetero) is 1. The van der Waals surface area contributed by atoms with E-state index in [2.05, 4.69) is 4.98 Å². The highest BCUT2D eigenvalue weighted by molar-refractivity contribution is 6.11. The number of nitrogens with zero attached hydrogens (tertiary/aromatic N) is 1. The number of ether oxygens (including phenoxy) is 2. The molecular weight excluding hydrogens is 465 g/mol. The zero-order chi connectivity index (χ0) is 25.3. The molecule has 35 heavy (non-hydrogen) atoms. The normalized spacial score (nSPS) is 15.7. The van der Waals surface area contributed by atoms with E-state index in [1.165, 1.54) is 50.6 Å². The summed E-state index contributed by atoms with van der Waals surface area (Å²) in [6.07, 6.45) is -7.27. The number of benzene rings is 2. The van der Waals surface area contributed by atoms with Crippen LogP contribution >= 0.6 is 0 Å². The molecule has 1 atom stereocenters. The molecule has 1 amide bonds. The Morgan fingerprint density at radius 3 is 2.31 bits per heavy atom. The van der Waals surface area contributed by atoms with E-state index in [0.717, 1.165) is 0 Å². The van der Waals surface area contributed by atoms with Crippen molar-refractivity contribution in [1.29, 1.82) is 0 Å². The Kier molecular flexibility index (Phi) is 6.31. The van der Waals surface area contributed by atoms with Crippen LogP contribution in [-0.4, -0.2) is 42.2 Å². The first-order valence-corrected chi connectivity index (χ1v) is 10.3. The fraction of sp³-hybridized carbons (Fsp3) is 0.160. The van der Waals surface area contributed by atoms with Gasteiger partial charge in [0.05, 0.1) is 36.7 Å². The zero-order valence-electron chi connectivity index (χ0n) is 18.5. The molecule has 0 saturated carbocycles. The molecule has 0 spiro atoms. The van der Waals surface area contributed by atoms with Gasteiger partial charge < -0.3 is 19.9 Å². The van der Waals surface area contributed by atoms with E-state index in [0.29, 0.717) is 17.1 Å². The molecule has 2 aromatic carbocycles. The van der Waals surface area contributed by atoms with E-state index >= 15 is 0 Å². The van der Waals surface area contributed by atoms with E-state index in [1.54, 1.807) is 29.6 Å². The summed E-state index contributed by atoms with van der Waals surface area (Å²) in [5.41, 5.74) is -2.80. The topological polar surface area (TPSA) is 97.8 Å². The number of fused-ring (bicyclic) bond motifs is 1. The number of methoxy groups -OCH3 is 2. The molecule has 0 radical (unpaired) electrons. The minimum atomic E-state index is -5.12. The van der Waals surface area contributed by atoms with Gasteiger partial charge in [-0.1, -0.05) is 30.3 Å². The minimum Gasteiger partial charge on any atom is -0.497 e. The van der Waals surface area contributed by atoms with Gasteiger partial charge in [0.2, 0.25) is 0 Å². The molecule has 1 aromatic heterocycles. The number of ketones is 1. The van der Waals surface area contributed by atoms with Crippen LogP contribution < -0.4 is 14.8 Å². The van der Waals surface area contributed by atoms with Crippen LogP contribution in [0.15, 0.2) is 71.9 Å². The third-order valence-electron chi connectivity index (χ3n) is 5.46. The number of hydrogen-bond acceptors (Lipinski definition) is 6. The highest BCUT2D eigenvalue weighted by atomic mass is 19.4. The summed E-state index contributed by atoms with van der Waals surface area (Å²) >= 11 is 0. The van der Waals surface area contributed by atoms with Gasteiger partial charge in [0.1, 0.15) is 23.3 Å². The maximum absolute atomic E-state index is 13.9. The van der Waals surface area contributed by atoms with E-state index in [9.17, 15) is 27.9 Å². The van der Waals surface area contributed by atoms with Crippen molar-refractivity contribution in [2.24, 2.45) is 0 Å². The number of nitrogens with one attached hydrogen (secondary N) is 1. The molecule has 2 heterocycles. The average molecular weight is 484 g/mol. The lowest BCUT2D eigenvalue weighted by atomic mass is 9.93. The van der Waals surface area contributed by atoms with E-state index < -0.39 is 40.9 Å². The predicted octanol–water partition coefficient (Wildman–Crippen LogP) is 4.24. The van der Waals surface area contributed by atoms with Gasteiger partial charge in [0.15, 0.2) is 5.78 Å². The second kappa shape index (κ2) is 9.22. The first-order chi connectivity index (χ1) is 16.7. The quantitative estimate of drug-likeness (QED) is 0.526. The number of aliphatic hydroxyl groups excluding tert-OH is 1. The summed E-state index contributed by atoms with van der Waals surface area (Å²) in [5.74, 6) is -1.40. The Morgan fingerprint density at radius 1 is 1.00 bits per heavy atom. The smallest absolute Gasteiger partial charge is 0.431 e. The molecule has 4 rings (SSSR count). The maximum atomic E-state index is 13.9. The van der Waals surface area contributed by atoms with Gasteiger partial charge in [-0.05, 0) is 24.3 Å². The maximum Gasteiger partial charge on any atom is 0.431 e. The van der Waals surface area contributed by atoms with Crippen LogP contribution in [-0.2, 0) is 0 Å². The summed E-state index contributed by atoms with van der Waals surface area (Å²) in [4.78, 5) is 30.1. The van der Waals surface area contributed by atoms with Crippen LogP contribution in [0.2, 0.25) is 0 Å². The lowest BCUT2D eigenvalue weighted by molar-refractivity contribution is -0.0973. The van der Waals surface area contributed by atoms with Gasteiger partial charge in [0.25, 0.3) is 5.91 Å². The number of carbonyl (C=O) groups excluding carboxylic acids is 2. The van der Waals surface area contributed by atoms with E-state index in [4.69, 9.17) is 9.47 Å². The second-order valence-corrected chi connectivity index (χ2v) is 7.53. The van der Waals surface area contributed by atoms with Gasteiger partial charge in [-0.2, -0.15) is 13.2 Å². The number of halogens is 3. The Hall–Kier alpha value is -4.18. The van der Waals surface area contributed by atoms with Crippen LogP contribution in [0, 0.1) is 0 Å². The Balaban J connectivity index is 1.91. The van der Waals surface area contributed by atoms with Gasteiger partial charge in [-0.15, -0.1) is 0 Å². The molecule has 2 N–H and O–H groups in total. The summed E-state index contributed by atoms with van der Waals surface area (Å²) in [6.45, 7) is 0. The summed E-state index contributed by atoms with van der Waals surface area (Å²) < 4.78 is 52.4. The highest BCUT2D eigenvalue weighted by Gasteiger charge is 2.45. The molecule has 1 aliphatic rings. The molecule has 0 bridgehead atoms. The van der Waals surface area contributed by atoms with Crippen molar-refractivity contribution >= 4 is 11.7 Å². The fourth-order valence-corrected chi connectivity index (χ4v) is 3.76. The van der Waals surface area contributed by atoms with Crippen molar-refractivity contribution in [3.63, 3.8) is 0 Å². The molecular formula is C25H19F3N2O5.